The quantitative estimate of drug-likeness (QED) is 0.747. The van der Waals surface area contributed by atoms with E-state index >= 15 is 0 Å². The lowest BCUT2D eigenvalue weighted by Gasteiger charge is -1.91. The summed E-state index contributed by atoms with van der Waals surface area (Å²) in [5, 5.41) is 8.58. The summed E-state index contributed by atoms with van der Waals surface area (Å²) in [6.07, 6.45) is 3.37. The summed E-state index contributed by atoms with van der Waals surface area (Å²) in [4.78, 5) is 13.4. The number of hydrogen-bond donors (Lipinski definition) is 2. The number of aliphatic hydroxyl groups excluding tert-OH is 1. The summed E-state index contributed by atoms with van der Waals surface area (Å²) in [5.41, 5.74) is 2.08. The molecular weight excluding hydrogens is 182 g/mol. The minimum atomic E-state index is -0.455. The molecule has 0 aliphatic carbocycles. The zero-order valence-corrected chi connectivity index (χ0v) is 7.36. The molecular formula is C10H9NO3. The van der Waals surface area contributed by atoms with Gasteiger partial charge in [0.2, 0.25) is 0 Å². The van der Waals surface area contributed by atoms with Gasteiger partial charge in [-0.3, -0.25) is 4.98 Å². The number of rotatable bonds is 2. The monoisotopic (exact) mass is 191 g/mol. The molecule has 72 valence electrons. The van der Waals surface area contributed by atoms with E-state index in [0.717, 1.165) is 5.56 Å². The van der Waals surface area contributed by atoms with E-state index in [-0.39, 0.29) is 6.61 Å². The molecule has 2 rings (SSSR count). The Labute approximate surface area is 79.5 Å². The lowest BCUT2D eigenvalue weighted by molar-refractivity contribution is 0.343. The van der Waals surface area contributed by atoms with Crippen LogP contribution in [0, 0.1) is 0 Å². The van der Waals surface area contributed by atoms with Crippen molar-refractivity contribution in [2.45, 2.75) is 0 Å². The van der Waals surface area contributed by atoms with Crippen LogP contribution >= 0.6 is 0 Å². The molecule has 0 atom stereocenters. The molecule has 1 aromatic heterocycles. The maximum atomic E-state index is 10.8. The first-order chi connectivity index (χ1) is 6.79. The maximum absolute atomic E-state index is 10.8. The van der Waals surface area contributed by atoms with Crippen molar-refractivity contribution in [2.75, 3.05) is 6.61 Å². The first-order valence-electron chi connectivity index (χ1n) is 4.20. The molecule has 0 bridgehead atoms. The standard InChI is InChI=1S/C10H9NO3/c12-5-1-2-7-3-4-8-9(6-7)14-10(13)11-8/h1-4,6,12H,5H2,(H,11,13). The number of hydrogen-bond acceptors (Lipinski definition) is 3. The summed E-state index contributed by atoms with van der Waals surface area (Å²) >= 11 is 0. The third kappa shape index (κ3) is 1.60. The van der Waals surface area contributed by atoms with Crippen LogP contribution in [0.3, 0.4) is 0 Å². The van der Waals surface area contributed by atoms with E-state index < -0.39 is 5.76 Å². The summed E-state index contributed by atoms with van der Waals surface area (Å²) < 4.78 is 4.88. The summed E-state index contributed by atoms with van der Waals surface area (Å²) in [6, 6.07) is 5.33. The first-order valence-corrected chi connectivity index (χ1v) is 4.20. The Hall–Kier alpha value is -1.81. The van der Waals surface area contributed by atoms with Crippen molar-refractivity contribution in [2.24, 2.45) is 0 Å². The highest BCUT2D eigenvalue weighted by Gasteiger charge is 1.99. The SMILES string of the molecule is O=c1[nH]c2ccc(C=CCO)cc2o1. The van der Waals surface area contributed by atoms with E-state index in [4.69, 9.17) is 9.52 Å². The smallest absolute Gasteiger partial charge is 0.408 e. The molecule has 1 heterocycles. The predicted molar refractivity (Wildman–Crippen MR) is 53.0 cm³/mol. The Kier molecular flexibility index (Phi) is 2.20. The first kappa shape index (κ1) is 8.77. The van der Waals surface area contributed by atoms with Gasteiger partial charge in [0.1, 0.15) is 0 Å². The van der Waals surface area contributed by atoms with E-state index in [1.54, 1.807) is 24.3 Å². The van der Waals surface area contributed by atoms with Gasteiger partial charge in [-0.15, -0.1) is 0 Å². The van der Waals surface area contributed by atoms with Gasteiger partial charge in [0.25, 0.3) is 0 Å². The van der Waals surface area contributed by atoms with Crippen LogP contribution in [0.25, 0.3) is 17.2 Å². The number of H-pyrrole nitrogens is 1. The second-order valence-electron chi connectivity index (χ2n) is 2.86. The van der Waals surface area contributed by atoms with Crippen LogP contribution in [0.15, 0.2) is 33.5 Å². The maximum Gasteiger partial charge on any atom is 0.417 e. The van der Waals surface area contributed by atoms with E-state index in [1.165, 1.54) is 0 Å². The average molecular weight is 191 g/mol. The molecule has 0 aliphatic heterocycles. The van der Waals surface area contributed by atoms with Gasteiger partial charge in [0.05, 0.1) is 12.1 Å². The third-order valence-corrected chi connectivity index (χ3v) is 1.86. The second kappa shape index (κ2) is 3.51. The normalized spacial score (nSPS) is 11.5. The number of aliphatic hydroxyl groups is 1. The minimum Gasteiger partial charge on any atom is -0.408 e. The Morgan fingerprint density at radius 2 is 2.36 bits per heavy atom. The van der Waals surface area contributed by atoms with Gasteiger partial charge in [-0.05, 0) is 17.7 Å². The van der Waals surface area contributed by atoms with Crippen LogP contribution in [-0.2, 0) is 0 Å². The van der Waals surface area contributed by atoms with E-state index in [0.29, 0.717) is 11.1 Å². The molecule has 2 aromatic rings. The van der Waals surface area contributed by atoms with Gasteiger partial charge >= 0.3 is 5.76 Å². The summed E-state index contributed by atoms with van der Waals surface area (Å²) in [6.45, 7) is -0.00484. The van der Waals surface area contributed by atoms with Crippen LogP contribution in [0.2, 0.25) is 0 Å². The Balaban J connectivity index is 2.50. The molecule has 1 aromatic carbocycles. The van der Waals surface area contributed by atoms with Crippen LogP contribution < -0.4 is 5.76 Å². The Morgan fingerprint density at radius 3 is 3.14 bits per heavy atom. The number of aromatic amines is 1. The molecule has 0 aliphatic rings. The average Bonchev–Trinajstić information content (AvgIpc) is 2.54. The molecule has 0 radical (unpaired) electrons. The lowest BCUT2D eigenvalue weighted by Crippen LogP contribution is -1.92. The highest BCUT2D eigenvalue weighted by atomic mass is 16.4. The van der Waals surface area contributed by atoms with Crippen molar-refractivity contribution >= 4 is 17.2 Å². The van der Waals surface area contributed by atoms with Crippen molar-refractivity contribution in [3.05, 3.63) is 40.4 Å². The van der Waals surface area contributed by atoms with Gasteiger partial charge < -0.3 is 9.52 Å². The Bertz CT molecular complexity index is 521. The van der Waals surface area contributed by atoms with Crippen molar-refractivity contribution in [3.63, 3.8) is 0 Å². The highest BCUT2D eigenvalue weighted by Crippen LogP contribution is 2.13. The fourth-order valence-electron chi connectivity index (χ4n) is 1.25. The molecule has 0 saturated carbocycles. The fraction of sp³-hybridized carbons (Fsp3) is 0.100. The largest absolute Gasteiger partial charge is 0.417 e. The second-order valence-corrected chi connectivity index (χ2v) is 2.86. The van der Waals surface area contributed by atoms with Crippen LogP contribution in [0.4, 0.5) is 0 Å². The van der Waals surface area contributed by atoms with E-state index in [9.17, 15) is 4.79 Å². The van der Waals surface area contributed by atoms with Crippen LogP contribution in [0.1, 0.15) is 5.56 Å². The molecule has 4 heteroatoms. The van der Waals surface area contributed by atoms with E-state index in [1.807, 2.05) is 6.07 Å². The zero-order chi connectivity index (χ0) is 9.97. The van der Waals surface area contributed by atoms with Gasteiger partial charge in [0.15, 0.2) is 5.58 Å². The summed E-state index contributed by atoms with van der Waals surface area (Å²) in [5.74, 6) is -0.455. The number of oxazole rings is 1. The topological polar surface area (TPSA) is 66.2 Å². The van der Waals surface area contributed by atoms with Crippen LogP contribution in [0.5, 0.6) is 0 Å². The van der Waals surface area contributed by atoms with Crippen molar-refractivity contribution in [3.8, 4) is 0 Å². The van der Waals surface area contributed by atoms with Crippen LogP contribution in [-0.4, -0.2) is 16.7 Å². The van der Waals surface area contributed by atoms with E-state index in [2.05, 4.69) is 4.98 Å². The van der Waals surface area contributed by atoms with Gasteiger partial charge in [-0.2, -0.15) is 0 Å². The fourth-order valence-corrected chi connectivity index (χ4v) is 1.25. The number of nitrogens with one attached hydrogen (secondary N) is 1. The molecule has 14 heavy (non-hydrogen) atoms. The number of aromatic nitrogens is 1. The van der Waals surface area contributed by atoms with Gasteiger partial charge in [-0.1, -0.05) is 18.2 Å². The lowest BCUT2D eigenvalue weighted by atomic mass is 10.2. The molecule has 4 nitrogen and oxygen atoms in total. The minimum absolute atomic E-state index is 0.00484. The molecule has 0 fully saturated rings. The third-order valence-electron chi connectivity index (χ3n) is 1.86. The number of fused-ring (bicyclic) bond motifs is 1. The molecule has 0 saturated heterocycles. The van der Waals surface area contributed by atoms with Crippen molar-refractivity contribution in [1.82, 2.24) is 4.98 Å². The van der Waals surface area contributed by atoms with Gasteiger partial charge in [-0.25, -0.2) is 4.79 Å². The van der Waals surface area contributed by atoms with Gasteiger partial charge in [0, 0.05) is 0 Å². The molecule has 0 unspecified atom stereocenters. The summed E-state index contributed by atoms with van der Waals surface area (Å²) in [7, 11) is 0. The highest BCUT2D eigenvalue weighted by molar-refractivity contribution is 5.75. The zero-order valence-electron chi connectivity index (χ0n) is 7.36. The van der Waals surface area contributed by atoms with Crippen molar-refractivity contribution < 1.29 is 9.52 Å². The van der Waals surface area contributed by atoms with Crippen molar-refractivity contribution in [1.29, 1.82) is 0 Å². The molecule has 0 spiro atoms. The molecule has 2 N–H and O–H groups in total. The number of benzene rings is 1. The molecule has 0 amide bonds. The predicted octanol–water partition coefficient (Wildman–Crippen LogP) is 1.13. The Morgan fingerprint density at radius 1 is 1.50 bits per heavy atom.